The maximum Gasteiger partial charge on any atom is 0.246 e. The van der Waals surface area contributed by atoms with Crippen molar-refractivity contribution >= 4 is 42.7 Å². The number of pyridine rings is 1. The monoisotopic (exact) mass is 701 g/mol. The number of sulfone groups is 1. The SMILES string of the molecule is COc1cccc2c1CCC2Nc1nccc2cc(C3C(c4nnc(C)o4)=C(CCC4CCOCC4)NC4=C3S(=O)(=O)CC4C(C)C)sc12. The normalized spacial score (nSPS) is 23.7. The molecule has 2 N–H and O–H groups in total. The van der Waals surface area contributed by atoms with Gasteiger partial charge in [0.25, 0.3) is 0 Å². The molecular weight excluding hydrogens is 659 g/mol. The van der Waals surface area contributed by atoms with Crippen LogP contribution in [0, 0.1) is 24.7 Å². The molecule has 0 amide bonds. The molecule has 1 aliphatic carbocycles. The molecule has 1 fully saturated rings. The summed E-state index contributed by atoms with van der Waals surface area (Å²) in [7, 11) is -1.88. The van der Waals surface area contributed by atoms with Gasteiger partial charge in [-0.3, -0.25) is 0 Å². The number of aryl methyl sites for hydroxylation is 1. The first-order chi connectivity index (χ1) is 23.7. The zero-order valence-electron chi connectivity index (χ0n) is 28.4. The number of rotatable bonds is 9. The molecule has 3 aliphatic heterocycles. The van der Waals surface area contributed by atoms with Crippen molar-refractivity contribution in [3.63, 3.8) is 0 Å². The number of anilines is 1. The Bertz CT molecular complexity index is 2070. The lowest BCUT2D eigenvalue weighted by molar-refractivity contribution is 0.0639. The third-order valence-electron chi connectivity index (χ3n) is 10.7. The number of fused-ring (bicyclic) bond motifs is 2. The standard InChI is InChI=1S/C37H43N5O5S2/c1-20(2)26-19-49(43,44)35-32(31(37-42-41-21(3)47-37)28(39-33(26)35)10-8-22-13-16-46-17-14-22)30-18-23-12-15-38-36(34(23)48-30)40-27-11-9-25-24(27)6-5-7-29(25)45-4/h5-7,12,15,18,20,22,26-27,32,39H,8-11,13-14,16-17,19H2,1-4H3,(H,38,40). The minimum Gasteiger partial charge on any atom is -0.496 e. The van der Waals surface area contributed by atoms with Crippen LogP contribution < -0.4 is 15.4 Å². The Morgan fingerprint density at radius 3 is 2.73 bits per heavy atom. The number of benzene rings is 1. The average Bonchev–Trinajstić information content (AvgIpc) is 3.88. The zero-order chi connectivity index (χ0) is 33.9. The topological polar surface area (TPSA) is 128 Å². The van der Waals surface area contributed by atoms with E-state index in [1.165, 1.54) is 11.1 Å². The fourth-order valence-electron chi connectivity index (χ4n) is 8.18. The van der Waals surface area contributed by atoms with Gasteiger partial charge in [0, 0.05) is 54.1 Å². The Morgan fingerprint density at radius 1 is 1.14 bits per heavy atom. The molecule has 0 bridgehead atoms. The van der Waals surface area contributed by atoms with Crippen LogP contribution in [0.5, 0.6) is 5.75 Å². The molecule has 4 aromatic rings. The first kappa shape index (κ1) is 32.5. The van der Waals surface area contributed by atoms with Crippen LogP contribution in [0.1, 0.15) is 85.7 Å². The fourth-order valence-corrected chi connectivity index (χ4v) is 11.8. The lowest BCUT2D eigenvalue weighted by Crippen LogP contribution is -2.29. The minimum atomic E-state index is -3.60. The van der Waals surface area contributed by atoms with Gasteiger partial charge >= 0.3 is 0 Å². The Balaban J connectivity index is 1.25. The van der Waals surface area contributed by atoms with Crippen LogP contribution in [0.15, 0.2) is 57.2 Å². The highest BCUT2D eigenvalue weighted by molar-refractivity contribution is 7.95. The smallest absolute Gasteiger partial charge is 0.246 e. The number of nitrogens with zero attached hydrogens (tertiary/aromatic N) is 3. The van der Waals surface area contributed by atoms with E-state index in [-0.39, 0.29) is 23.6 Å². The summed E-state index contributed by atoms with van der Waals surface area (Å²) >= 11 is 1.60. The van der Waals surface area contributed by atoms with Crippen molar-refractivity contribution in [2.24, 2.45) is 17.8 Å². The van der Waals surface area contributed by atoms with Crippen molar-refractivity contribution < 1.29 is 22.3 Å². The number of hydrogen-bond acceptors (Lipinski definition) is 11. The molecule has 6 heterocycles. The molecule has 1 aromatic carbocycles. The maximum atomic E-state index is 14.2. The van der Waals surface area contributed by atoms with Gasteiger partial charge in [-0.2, -0.15) is 0 Å². The minimum absolute atomic E-state index is 0.0893. The molecule has 0 spiro atoms. The fraction of sp³-hybridized carbons (Fsp3) is 0.486. The summed E-state index contributed by atoms with van der Waals surface area (Å²) in [5.41, 5.74) is 5.04. The first-order valence-electron chi connectivity index (χ1n) is 17.4. The largest absolute Gasteiger partial charge is 0.496 e. The second kappa shape index (κ2) is 12.9. The van der Waals surface area contributed by atoms with Gasteiger partial charge in [0.1, 0.15) is 11.6 Å². The summed E-state index contributed by atoms with van der Waals surface area (Å²) in [5, 5.41) is 17.2. The molecule has 49 heavy (non-hydrogen) atoms. The van der Waals surface area contributed by atoms with Gasteiger partial charge in [-0.25, -0.2) is 13.4 Å². The van der Waals surface area contributed by atoms with E-state index in [1.807, 2.05) is 24.4 Å². The number of hydrogen-bond donors (Lipinski definition) is 2. The van der Waals surface area contributed by atoms with E-state index in [9.17, 15) is 8.42 Å². The number of thiophene rings is 1. The maximum absolute atomic E-state index is 14.2. The van der Waals surface area contributed by atoms with E-state index >= 15 is 0 Å². The number of dihydropyridines is 1. The molecule has 1 saturated heterocycles. The van der Waals surface area contributed by atoms with Gasteiger partial charge in [-0.15, -0.1) is 21.5 Å². The van der Waals surface area contributed by atoms with E-state index in [2.05, 4.69) is 46.8 Å². The summed E-state index contributed by atoms with van der Waals surface area (Å²) < 4.78 is 46.9. The van der Waals surface area contributed by atoms with Crippen molar-refractivity contribution in [1.82, 2.24) is 20.5 Å². The average molecular weight is 702 g/mol. The number of methoxy groups -OCH3 is 1. The van der Waals surface area contributed by atoms with E-state index in [0.717, 1.165) is 95.2 Å². The second-order valence-electron chi connectivity index (χ2n) is 14.1. The van der Waals surface area contributed by atoms with Crippen molar-refractivity contribution in [3.8, 4) is 5.75 Å². The van der Waals surface area contributed by atoms with Gasteiger partial charge in [0.15, 0.2) is 9.84 Å². The Morgan fingerprint density at radius 2 is 1.98 bits per heavy atom. The highest BCUT2D eigenvalue weighted by Gasteiger charge is 2.49. The number of aromatic nitrogens is 3. The van der Waals surface area contributed by atoms with Crippen molar-refractivity contribution in [1.29, 1.82) is 0 Å². The Hall–Kier alpha value is -3.74. The van der Waals surface area contributed by atoms with Crippen molar-refractivity contribution in [2.45, 2.75) is 71.3 Å². The number of ether oxygens (including phenoxy) is 2. The second-order valence-corrected chi connectivity index (χ2v) is 17.2. The third-order valence-corrected chi connectivity index (χ3v) is 13.9. The van der Waals surface area contributed by atoms with Crippen LogP contribution in [-0.4, -0.2) is 49.7 Å². The van der Waals surface area contributed by atoms with Crippen LogP contribution in [0.2, 0.25) is 0 Å². The van der Waals surface area contributed by atoms with Gasteiger partial charge < -0.3 is 24.5 Å². The molecule has 0 saturated carbocycles. The quantitative estimate of drug-likeness (QED) is 0.183. The van der Waals surface area contributed by atoms with Crippen LogP contribution in [0.25, 0.3) is 15.7 Å². The van der Waals surface area contributed by atoms with Crippen LogP contribution >= 0.6 is 11.3 Å². The van der Waals surface area contributed by atoms with Gasteiger partial charge in [0.2, 0.25) is 11.8 Å². The molecule has 3 unspecified atom stereocenters. The molecule has 4 aliphatic rings. The predicted molar refractivity (Wildman–Crippen MR) is 191 cm³/mol. The summed E-state index contributed by atoms with van der Waals surface area (Å²) in [6.45, 7) is 7.55. The van der Waals surface area contributed by atoms with Gasteiger partial charge in [-0.1, -0.05) is 26.0 Å². The number of nitrogens with one attached hydrogen (secondary N) is 2. The molecular formula is C37H43N5O5S2. The summed E-state index contributed by atoms with van der Waals surface area (Å²) in [4.78, 5) is 6.18. The lowest BCUT2D eigenvalue weighted by atomic mass is 9.83. The molecule has 12 heteroatoms. The van der Waals surface area contributed by atoms with Crippen LogP contribution in [0.3, 0.4) is 0 Å². The van der Waals surface area contributed by atoms with E-state index in [4.69, 9.17) is 18.9 Å². The summed E-state index contributed by atoms with van der Waals surface area (Å²) in [6, 6.07) is 10.5. The Labute approximate surface area is 291 Å². The molecule has 0 radical (unpaired) electrons. The van der Waals surface area contributed by atoms with E-state index in [1.54, 1.807) is 25.4 Å². The first-order valence-corrected chi connectivity index (χ1v) is 19.8. The summed E-state index contributed by atoms with van der Waals surface area (Å²) in [5.74, 6) is 2.61. The molecule has 10 nitrogen and oxygen atoms in total. The highest BCUT2D eigenvalue weighted by atomic mass is 32.2. The zero-order valence-corrected chi connectivity index (χ0v) is 30.0. The molecule has 3 aromatic heterocycles. The van der Waals surface area contributed by atoms with Crippen molar-refractivity contribution in [3.05, 3.63) is 80.6 Å². The van der Waals surface area contributed by atoms with Crippen LogP contribution in [0.4, 0.5) is 5.82 Å². The number of allylic oxidation sites excluding steroid dienone is 4. The molecule has 3 atom stereocenters. The van der Waals surface area contributed by atoms with Crippen LogP contribution in [-0.2, 0) is 21.0 Å². The third kappa shape index (κ3) is 5.85. The lowest BCUT2D eigenvalue weighted by Gasteiger charge is -2.32. The Kier molecular flexibility index (Phi) is 8.52. The van der Waals surface area contributed by atoms with Gasteiger partial charge in [-0.05, 0) is 85.1 Å². The van der Waals surface area contributed by atoms with Crippen molar-refractivity contribution in [2.75, 3.05) is 31.4 Å². The summed E-state index contributed by atoms with van der Waals surface area (Å²) in [6.07, 6.45) is 7.47. The highest BCUT2D eigenvalue weighted by Crippen LogP contribution is 2.54. The molecule has 258 valence electrons. The predicted octanol–water partition coefficient (Wildman–Crippen LogP) is 7.31. The molecule has 8 rings (SSSR count). The van der Waals surface area contributed by atoms with E-state index < -0.39 is 15.8 Å². The van der Waals surface area contributed by atoms with E-state index in [0.29, 0.717) is 22.6 Å². The van der Waals surface area contributed by atoms with Gasteiger partial charge in [0.05, 0.1) is 34.4 Å².